The lowest BCUT2D eigenvalue weighted by Gasteiger charge is -2.37. The van der Waals surface area contributed by atoms with E-state index in [0.29, 0.717) is 12.3 Å². The SMILES string of the molecule is CCCC(=O)N1CCN(c2ccc(C)cc2C)CC1. The average Bonchev–Trinajstić information content (AvgIpc) is 2.39. The van der Waals surface area contributed by atoms with Crippen molar-refractivity contribution in [3.05, 3.63) is 29.3 Å². The number of rotatable bonds is 3. The predicted octanol–water partition coefficient (Wildman–Crippen LogP) is 2.75. The Morgan fingerprint density at radius 2 is 1.84 bits per heavy atom. The maximum absolute atomic E-state index is 11.9. The van der Waals surface area contributed by atoms with Crippen molar-refractivity contribution in [3.63, 3.8) is 0 Å². The summed E-state index contributed by atoms with van der Waals surface area (Å²) in [5, 5.41) is 0. The summed E-state index contributed by atoms with van der Waals surface area (Å²) in [5.41, 5.74) is 3.94. The lowest BCUT2D eigenvalue weighted by Crippen LogP contribution is -2.48. The summed E-state index contributed by atoms with van der Waals surface area (Å²) in [4.78, 5) is 16.3. The monoisotopic (exact) mass is 260 g/mol. The first kappa shape index (κ1) is 13.9. The minimum Gasteiger partial charge on any atom is -0.368 e. The van der Waals surface area contributed by atoms with Gasteiger partial charge in [0, 0.05) is 38.3 Å². The van der Waals surface area contributed by atoms with Crippen molar-refractivity contribution in [2.75, 3.05) is 31.1 Å². The van der Waals surface area contributed by atoms with E-state index >= 15 is 0 Å². The zero-order chi connectivity index (χ0) is 13.8. The number of carbonyl (C=O) groups is 1. The Morgan fingerprint density at radius 1 is 1.16 bits per heavy atom. The molecule has 0 radical (unpaired) electrons. The number of aryl methyl sites for hydroxylation is 2. The molecule has 0 N–H and O–H groups in total. The number of nitrogens with zero attached hydrogens (tertiary/aromatic N) is 2. The number of piperazine rings is 1. The van der Waals surface area contributed by atoms with Gasteiger partial charge in [0.2, 0.25) is 5.91 Å². The van der Waals surface area contributed by atoms with Gasteiger partial charge in [0.25, 0.3) is 0 Å². The normalized spacial score (nSPS) is 15.7. The van der Waals surface area contributed by atoms with Gasteiger partial charge >= 0.3 is 0 Å². The Bertz CT molecular complexity index is 448. The minimum absolute atomic E-state index is 0.308. The minimum atomic E-state index is 0.308. The molecule has 0 aromatic heterocycles. The summed E-state index contributed by atoms with van der Waals surface area (Å²) in [7, 11) is 0. The van der Waals surface area contributed by atoms with E-state index in [1.807, 2.05) is 4.90 Å². The predicted molar refractivity (Wildman–Crippen MR) is 79.6 cm³/mol. The second-order valence-corrected chi connectivity index (χ2v) is 5.41. The second kappa shape index (κ2) is 6.09. The molecule has 1 saturated heterocycles. The Kier molecular flexibility index (Phi) is 4.46. The molecule has 1 heterocycles. The number of benzene rings is 1. The lowest BCUT2D eigenvalue weighted by molar-refractivity contribution is -0.131. The molecule has 0 spiro atoms. The molecule has 1 aliphatic heterocycles. The van der Waals surface area contributed by atoms with Crippen molar-refractivity contribution < 1.29 is 4.79 Å². The summed E-state index contributed by atoms with van der Waals surface area (Å²) in [6.07, 6.45) is 1.62. The molecule has 3 nitrogen and oxygen atoms in total. The fraction of sp³-hybridized carbons (Fsp3) is 0.562. The van der Waals surface area contributed by atoms with Crippen LogP contribution >= 0.6 is 0 Å². The van der Waals surface area contributed by atoms with E-state index in [4.69, 9.17) is 0 Å². The molecular formula is C16H24N2O. The average molecular weight is 260 g/mol. The van der Waals surface area contributed by atoms with Gasteiger partial charge in [0.1, 0.15) is 0 Å². The topological polar surface area (TPSA) is 23.6 Å². The van der Waals surface area contributed by atoms with Crippen molar-refractivity contribution in [2.24, 2.45) is 0 Å². The van der Waals surface area contributed by atoms with Crippen LogP contribution in [0.4, 0.5) is 5.69 Å². The highest BCUT2D eigenvalue weighted by molar-refractivity contribution is 5.76. The van der Waals surface area contributed by atoms with Gasteiger partial charge in [-0.05, 0) is 31.9 Å². The van der Waals surface area contributed by atoms with Crippen molar-refractivity contribution in [1.82, 2.24) is 4.90 Å². The van der Waals surface area contributed by atoms with Gasteiger partial charge in [-0.15, -0.1) is 0 Å². The van der Waals surface area contributed by atoms with Crippen molar-refractivity contribution in [3.8, 4) is 0 Å². The first-order valence-electron chi connectivity index (χ1n) is 7.21. The third-order valence-electron chi connectivity index (χ3n) is 3.79. The van der Waals surface area contributed by atoms with Gasteiger partial charge in [0.05, 0.1) is 0 Å². The van der Waals surface area contributed by atoms with Gasteiger partial charge in [-0.2, -0.15) is 0 Å². The third kappa shape index (κ3) is 3.28. The van der Waals surface area contributed by atoms with E-state index in [1.165, 1.54) is 16.8 Å². The molecule has 1 amide bonds. The van der Waals surface area contributed by atoms with Crippen molar-refractivity contribution in [2.45, 2.75) is 33.6 Å². The molecule has 104 valence electrons. The molecular weight excluding hydrogens is 236 g/mol. The largest absolute Gasteiger partial charge is 0.368 e. The van der Waals surface area contributed by atoms with E-state index < -0.39 is 0 Å². The van der Waals surface area contributed by atoms with Crippen LogP contribution in [0.1, 0.15) is 30.9 Å². The maximum atomic E-state index is 11.9. The number of anilines is 1. The molecule has 19 heavy (non-hydrogen) atoms. The van der Waals surface area contributed by atoms with Crippen LogP contribution in [0.2, 0.25) is 0 Å². The Morgan fingerprint density at radius 3 is 2.42 bits per heavy atom. The fourth-order valence-corrected chi connectivity index (χ4v) is 2.73. The van der Waals surface area contributed by atoms with Gasteiger partial charge in [0.15, 0.2) is 0 Å². The van der Waals surface area contributed by atoms with E-state index in [0.717, 1.165) is 32.6 Å². The van der Waals surface area contributed by atoms with Gasteiger partial charge in [-0.1, -0.05) is 24.6 Å². The van der Waals surface area contributed by atoms with Crippen molar-refractivity contribution in [1.29, 1.82) is 0 Å². The van der Waals surface area contributed by atoms with Crippen LogP contribution in [0.3, 0.4) is 0 Å². The van der Waals surface area contributed by atoms with E-state index in [1.54, 1.807) is 0 Å². The summed E-state index contributed by atoms with van der Waals surface area (Å²) in [6, 6.07) is 6.59. The molecule has 1 fully saturated rings. The fourth-order valence-electron chi connectivity index (χ4n) is 2.73. The Labute approximate surface area is 116 Å². The number of amides is 1. The highest BCUT2D eigenvalue weighted by Crippen LogP contribution is 2.22. The van der Waals surface area contributed by atoms with Crippen LogP contribution in [0.15, 0.2) is 18.2 Å². The van der Waals surface area contributed by atoms with Gasteiger partial charge in [-0.3, -0.25) is 4.79 Å². The smallest absolute Gasteiger partial charge is 0.222 e. The van der Waals surface area contributed by atoms with Crippen LogP contribution in [-0.4, -0.2) is 37.0 Å². The summed E-state index contributed by atoms with van der Waals surface area (Å²) < 4.78 is 0. The molecule has 3 heteroatoms. The van der Waals surface area contributed by atoms with Crippen LogP contribution in [-0.2, 0) is 4.79 Å². The molecule has 1 aromatic carbocycles. The molecule has 1 aromatic rings. The van der Waals surface area contributed by atoms with Crippen LogP contribution in [0, 0.1) is 13.8 Å². The summed E-state index contributed by atoms with van der Waals surface area (Å²) >= 11 is 0. The van der Waals surface area contributed by atoms with E-state index in [-0.39, 0.29) is 0 Å². The molecule has 0 bridgehead atoms. The molecule has 2 rings (SSSR count). The van der Waals surface area contributed by atoms with Gasteiger partial charge < -0.3 is 9.80 Å². The first-order valence-corrected chi connectivity index (χ1v) is 7.21. The van der Waals surface area contributed by atoms with Crippen molar-refractivity contribution >= 4 is 11.6 Å². The maximum Gasteiger partial charge on any atom is 0.222 e. The van der Waals surface area contributed by atoms with Gasteiger partial charge in [-0.25, -0.2) is 0 Å². The number of carbonyl (C=O) groups excluding carboxylic acids is 1. The third-order valence-corrected chi connectivity index (χ3v) is 3.79. The van der Waals surface area contributed by atoms with E-state index in [9.17, 15) is 4.79 Å². The summed E-state index contributed by atoms with van der Waals surface area (Å²) in [5.74, 6) is 0.308. The highest BCUT2D eigenvalue weighted by atomic mass is 16.2. The second-order valence-electron chi connectivity index (χ2n) is 5.41. The molecule has 1 aliphatic rings. The Balaban J connectivity index is 1.98. The lowest BCUT2D eigenvalue weighted by atomic mass is 10.1. The standard InChI is InChI=1S/C16H24N2O/c1-4-5-16(19)18-10-8-17(9-11-18)15-7-6-13(2)12-14(15)3/h6-7,12H,4-5,8-11H2,1-3H3. The molecule has 0 atom stereocenters. The van der Waals surface area contributed by atoms with Crippen LogP contribution < -0.4 is 4.90 Å². The van der Waals surface area contributed by atoms with Crippen LogP contribution in [0.25, 0.3) is 0 Å². The zero-order valence-corrected chi connectivity index (χ0v) is 12.3. The summed E-state index contributed by atoms with van der Waals surface area (Å²) in [6.45, 7) is 9.94. The molecule has 0 aliphatic carbocycles. The van der Waals surface area contributed by atoms with E-state index in [2.05, 4.69) is 43.9 Å². The molecule has 0 saturated carbocycles. The zero-order valence-electron chi connectivity index (χ0n) is 12.3. The first-order chi connectivity index (χ1) is 9.11. The molecule has 0 unspecified atom stereocenters. The highest BCUT2D eigenvalue weighted by Gasteiger charge is 2.21. The number of hydrogen-bond acceptors (Lipinski definition) is 2. The Hall–Kier alpha value is -1.51. The quantitative estimate of drug-likeness (QED) is 0.834. The number of hydrogen-bond donors (Lipinski definition) is 0. The van der Waals surface area contributed by atoms with Crippen LogP contribution in [0.5, 0.6) is 0 Å².